The molecule has 0 heterocycles. The van der Waals surface area contributed by atoms with Gasteiger partial charge in [-0.25, -0.2) is 9.59 Å². The molecule has 0 amide bonds. The highest BCUT2D eigenvalue weighted by molar-refractivity contribution is 5.98. The molecule has 0 aliphatic carbocycles. The van der Waals surface area contributed by atoms with Gasteiger partial charge in [-0.2, -0.15) is 0 Å². The van der Waals surface area contributed by atoms with E-state index < -0.39 is 11.9 Å². The Morgan fingerprint density at radius 3 is 1.71 bits per heavy atom. The van der Waals surface area contributed by atoms with Crippen LogP contribution >= 0.6 is 0 Å². The van der Waals surface area contributed by atoms with Crippen LogP contribution in [-0.4, -0.2) is 25.2 Å². The molecule has 0 radical (unpaired) electrons. The Kier molecular flexibility index (Phi) is 13.8. The molecule has 0 aliphatic rings. The molecule has 0 fully saturated rings. The van der Waals surface area contributed by atoms with Crippen LogP contribution in [0.5, 0.6) is 0 Å². The average molecular weight is 296 g/mol. The van der Waals surface area contributed by atoms with Crippen molar-refractivity contribution in [3.63, 3.8) is 0 Å². The lowest BCUT2D eigenvalue weighted by Gasteiger charge is -2.02. The predicted molar refractivity (Wildman–Crippen MR) is 82.6 cm³/mol. The fourth-order valence-electron chi connectivity index (χ4n) is 1.88. The van der Waals surface area contributed by atoms with Gasteiger partial charge in [-0.05, 0) is 13.3 Å². The molecule has 0 bridgehead atoms. The maximum Gasteiger partial charge on any atom is 0.384 e. The molecule has 0 aromatic heterocycles. The predicted octanol–water partition coefficient (Wildman–Crippen LogP) is 3.63. The molecule has 21 heavy (non-hydrogen) atoms. The standard InChI is InChI=1S/C17H28O4/c1-3-5-6-7-8-9-10-11-12-15-21-17(19)14-13-16(18)20-4-2/h3-12,15H2,1-2H3. The number of hydrogen-bond acceptors (Lipinski definition) is 4. The monoisotopic (exact) mass is 296 g/mol. The lowest BCUT2D eigenvalue weighted by atomic mass is 10.1. The zero-order chi connectivity index (χ0) is 15.8. The number of hydrogen-bond donors (Lipinski definition) is 0. The van der Waals surface area contributed by atoms with Gasteiger partial charge in [0.1, 0.15) is 0 Å². The van der Waals surface area contributed by atoms with E-state index in [0.717, 1.165) is 12.8 Å². The third-order valence-electron chi connectivity index (χ3n) is 3.02. The highest BCUT2D eigenvalue weighted by Crippen LogP contribution is 2.09. The summed E-state index contributed by atoms with van der Waals surface area (Å²) in [5.41, 5.74) is 0. The lowest BCUT2D eigenvalue weighted by molar-refractivity contribution is -0.138. The van der Waals surface area contributed by atoms with Gasteiger partial charge in [-0.15, -0.1) is 0 Å². The Balaban J connectivity index is 3.38. The largest absolute Gasteiger partial charge is 0.456 e. The van der Waals surface area contributed by atoms with Crippen LogP contribution in [0.1, 0.15) is 71.6 Å². The molecule has 0 N–H and O–H groups in total. The van der Waals surface area contributed by atoms with Crippen LogP contribution in [-0.2, 0) is 19.1 Å². The number of carbonyl (C=O) groups is 2. The first-order chi connectivity index (χ1) is 10.2. The number of unbranched alkanes of at least 4 members (excludes halogenated alkanes) is 8. The van der Waals surface area contributed by atoms with Gasteiger partial charge in [-0.3, -0.25) is 0 Å². The molecule has 0 aromatic rings. The summed E-state index contributed by atoms with van der Waals surface area (Å²) in [6, 6.07) is 0. The Labute approximate surface area is 128 Å². The zero-order valence-corrected chi connectivity index (χ0v) is 13.4. The number of rotatable bonds is 11. The summed E-state index contributed by atoms with van der Waals surface area (Å²) >= 11 is 0. The van der Waals surface area contributed by atoms with Gasteiger partial charge < -0.3 is 9.47 Å². The van der Waals surface area contributed by atoms with E-state index in [9.17, 15) is 9.59 Å². The summed E-state index contributed by atoms with van der Waals surface area (Å²) in [6.07, 6.45) is 10.9. The Hall–Kier alpha value is -1.50. The summed E-state index contributed by atoms with van der Waals surface area (Å²) in [7, 11) is 0. The van der Waals surface area contributed by atoms with E-state index in [1.807, 2.05) is 0 Å². The van der Waals surface area contributed by atoms with Crippen molar-refractivity contribution in [1.82, 2.24) is 0 Å². The molecule has 0 aliphatic heterocycles. The molecule has 4 heteroatoms. The van der Waals surface area contributed by atoms with Crippen LogP contribution in [0.15, 0.2) is 0 Å². The van der Waals surface area contributed by atoms with Crippen molar-refractivity contribution in [2.24, 2.45) is 0 Å². The normalized spacial score (nSPS) is 9.62. The lowest BCUT2D eigenvalue weighted by Crippen LogP contribution is -2.05. The first-order valence-corrected chi connectivity index (χ1v) is 8.06. The first kappa shape index (κ1) is 19.5. The van der Waals surface area contributed by atoms with Crippen LogP contribution in [0, 0.1) is 11.8 Å². The maximum atomic E-state index is 11.2. The second kappa shape index (κ2) is 14.9. The fourth-order valence-corrected chi connectivity index (χ4v) is 1.88. The highest BCUT2D eigenvalue weighted by atomic mass is 16.5. The van der Waals surface area contributed by atoms with Crippen LogP contribution in [0.4, 0.5) is 0 Å². The first-order valence-electron chi connectivity index (χ1n) is 8.06. The van der Waals surface area contributed by atoms with E-state index in [-0.39, 0.29) is 6.61 Å². The molecule has 0 saturated heterocycles. The van der Waals surface area contributed by atoms with Crippen molar-refractivity contribution in [2.75, 3.05) is 13.2 Å². The van der Waals surface area contributed by atoms with Crippen LogP contribution in [0.2, 0.25) is 0 Å². The number of ether oxygens (including phenoxy) is 2. The summed E-state index contributed by atoms with van der Waals surface area (Å²) in [6.45, 7) is 4.52. The van der Waals surface area contributed by atoms with Crippen LogP contribution in [0.3, 0.4) is 0 Å². The molecule has 0 saturated carbocycles. The molecule has 0 rings (SSSR count). The minimum Gasteiger partial charge on any atom is -0.456 e. The van der Waals surface area contributed by atoms with Gasteiger partial charge in [0.15, 0.2) is 0 Å². The molecule has 4 nitrogen and oxygen atoms in total. The minimum atomic E-state index is -0.697. The van der Waals surface area contributed by atoms with E-state index in [2.05, 4.69) is 23.5 Å². The van der Waals surface area contributed by atoms with E-state index in [0.29, 0.717) is 6.61 Å². The maximum absolute atomic E-state index is 11.2. The number of carbonyl (C=O) groups excluding carboxylic acids is 2. The Morgan fingerprint density at radius 1 is 0.714 bits per heavy atom. The fraction of sp³-hybridized carbons (Fsp3) is 0.765. The van der Waals surface area contributed by atoms with Crippen molar-refractivity contribution >= 4 is 11.9 Å². The molecule has 0 unspecified atom stereocenters. The van der Waals surface area contributed by atoms with Crippen LogP contribution in [0.25, 0.3) is 0 Å². The van der Waals surface area contributed by atoms with Gasteiger partial charge >= 0.3 is 11.9 Å². The SMILES string of the molecule is CCCCCCCCCCCOC(=O)C#CC(=O)OCC. The van der Waals surface area contributed by atoms with Gasteiger partial charge in [0.05, 0.1) is 13.2 Å². The molecule has 0 spiro atoms. The summed E-state index contributed by atoms with van der Waals surface area (Å²) < 4.78 is 9.49. The summed E-state index contributed by atoms with van der Waals surface area (Å²) in [5, 5.41) is 0. The van der Waals surface area contributed by atoms with Crippen molar-refractivity contribution < 1.29 is 19.1 Å². The molecular weight excluding hydrogens is 268 g/mol. The number of esters is 2. The Morgan fingerprint density at radius 2 is 1.19 bits per heavy atom. The van der Waals surface area contributed by atoms with Gasteiger partial charge in [0, 0.05) is 11.8 Å². The smallest absolute Gasteiger partial charge is 0.384 e. The van der Waals surface area contributed by atoms with Crippen LogP contribution < -0.4 is 0 Å². The topological polar surface area (TPSA) is 52.6 Å². The van der Waals surface area contributed by atoms with E-state index >= 15 is 0 Å². The quantitative estimate of drug-likeness (QED) is 0.253. The summed E-state index contributed by atoms with van der Waals surface area (Å²) in [5.74, 6) is 2.83. The van der Waals surface area contributed by atoms with E-state index in [4.69, 9.17) is 4.74 Å². The van der Waals surface area contributed by atoms with Gasteiger partial charge in [0.2, 0.25) is 0 Å². The molecule has 0 atom stereocenters. The minimum absolute atomic E-state index is 0.251. The van der Waals surface area contributed by atoms with Crippen molar-refractivity contribution in [3.8, 4) is 11.8 Å². The zero-order valence-electron chi connectivity index (χ0n) is 13.4. The molecule has 0 aromatic carbocycles. The third kappa shape index (κ3) is 14.7. The second-order valence-corrected chi connectivity index (χ2v) is 4.93. The average Bonchev–Trinajstić information content (AvgIpc) is 2.47. The van der Waals surface area contributed by atoms with Crippen molar-refractivity contribution in [2.45, 2.75) is 71.6 Å². The second-order valence-electron chi connectivity index (χ2n) is 4.93. The molecular formula is C17H28O4. The van der Waals surface area contributed by atoms with Crippen molar-refractivity contribution in [3.05, 3.63) is 0 Å². The third-order valence-corrected chi connectivity index (χ3v) is 3.02. The molecule has 120 valence electrons. The van der Waals surface area contributed by atoms with Gasteiger partial charge in [0.25, 0.3) is 0 Å². The van der Waals surface area contributed by atoms with Crippen molar-refractivity contribution in [1.29, 1.82) is 0 Å². The Bertz CT molecular complexity index is 338. The summed E-state index contributed by atoms with van der Waals surface area (Å²) in [4.78, 5) is 22.1. The van der Waals surface area contributed by atoms with Gasteiger partial charge in [-0.1, -0.05) is 58.3 Å². The van der Waals surface area contributed by atoms with E-state index in [1.54, 1.807) is 6.92 Å². The van der Waals surface area contributed by atoms with E-state index in [1.165, 1.54) is 44.9 Å². The highest BCUT2D eigenvalue weighted by Gasteiger charge is 1.99.